The Hall–Kier alpha value is -1.96. The predicted octanol–water partition coefficient (Wildman–Crippen LogP) is 4.65. The average molecular weight is 255 g/mol. The summed E-state index contributed by atoms with van der Waals surface area (Å²) in [7, 11) is 0. The van der Waals surface area contributed by atoms with E-state index in [0.717, 1.165) is 11.4 Å². The summed E-state index contributed by atoms with van der Waals surface area (Å²) >= 11 is 0. The highest BCUT2D eigenvalue weighted by atomic mass is 16.5. The van der Waals surface area contributed by atoms with Crippen LogP contribution in [-0.2, 0) is 0 Å². The molecule has 0 amide bonds. The smallest absolute Gasteiger partial charge is 0.159 e. The SMILES string of the molecule is CCC(C)c1ccc(NCOc2ccccc2)cc1. The van der Waals surface area contributed by atoms with Crippen molar-refractivity contribution in [3.63, 3.8) is 0 Å². The largest absolute Gasteiger partial charge is 0.473 e. The molecule has 2 aromatic rings. The van der Waals surface area contributed by atoms with E-state index in [1.54, 1.807) is 0 Å². The van der Waals surface area contributed by atoms with Gasteiger partial charge in [0, 0.05) is 5.69 Å². The van der Waals surface area contributed by atoms with Crippen LogP contribution in [0.3, 0.4) is 0 Å². The lowest BCUT2D eigenvalue weighted by atomic mass is 9.99. The van der Waals surface area contributed by atoms with Crippen molar-refractivity contribution in [3.05, 3.63) is 60.2 Å². The molecule has 2 nitrogen and oxygen atoms in total. The van der Waals surface area contributed by atoms with Crippen LogP contribution in [0, 0.1) is 0 Å². The maximum Gasteiger partial charge on any atom is 0.159 e. The molecule has 1 N–H and O–H groups in total. The van der Waals surface area contributed by atoms with E-state index in [0.29, 0.717) is 12.6 Å². The van der Waals surface area contributed by atoms with Gasteiger partial charge in [-0.3, -0.25) is 0 Å². The van der Waals surface area contributed by atoms with E-state index in [-0.39, 0.29) is 0 Å². The molecule has 0 fully saturated rings. The second-order valence-electron chi connectivity index (χ2n) is 4.71. The zero-order valence-electron chi connectivity index (χ0n) is 11.6. The molecule has 0 spiro atoms. The minimum absolute atomic E-state index is 0.479. The van der Waals surface area contributed by atoms with Crippen molar-refractivity contribution in [1.29, 1.82) is 0 Å². The molecule has 2 heteroatoms. The van der Waals surface area contributed by atoms with Crippen molar-refractivity contribution in [2.75, 3.05) is 12.0 Å². The number of anilines is 1. The van der Waals surface area contributed by atoms with Crippen LogP contribution in [0.2, 0.25) is 0 Å². The molecular weight excluding hydrogens is 234 g/mol. The summed E-state index contributed by atoms with van der Waals surface area (Å²) in [4.78, 5) is 0. The quantitative estimate of drug-likeness (QED) is 0.759. The number of para-hydroxylation sites is 1. The highest BCUT2D eigenvalue weighted by molar-refractivity contribution is 5.45. The van der Waals surface area contributed by atoms with Crippen LogP contribution in [0.4, 0.5) is 5.69 Å². The molecule has 0 aliphatic carbocycles. The van der Waals surface area contributed by atoms with E-state index in [2.05, 4.69) is 43.4 Å². The lowest BCUT2D eigenvalue weighted by molar-refractivity contribution is 0.347. The maximum absolute atomic E-state index is 5.60. The lowest BCUT2D eigenvalue weighted by Gasteiger charge is -2.11. The van der Waals surface area contributed by atoms with Crippen molar-refractivity contribution in [3.8, 4) is 5.75 Å². The molecule has 19 heavy (non-hydrogen) atoms. The number of rotatable bonds is 6. The fourth-order valence-corrected chi connectivity index (χ4v) is 1.88. The van der Waals surface area contributed by atoms with Crippen LogP contribution < -0.4 is 10.1 Å². The van der Waals surface area contributed by atoms with Gasteiger partial charge in [-0.05, 0) is 42.2 Å². The second kappa shape index (κ2) is 6.83. The second-order valence-corrected chi connectivity index (χ2v) is 4.71. The summed E-state index contributed by atoms with van der Waals surface area (Å²) in [6.45, 7) is 4.94. The Morgan fingerprint density at radius 2 is 1.68 bits per heavy atom. The maximum atomic E-state index is 5.60. The van der Waals surface area contributed by atoms with Gasteiger partial charge in [0.1, 0.15) is 5.75 Å². The Kier molecular flexibility index (Phi) is 4.85. The summed E-state index contributed by atoms with van der Waals surface area (Å²) < 4.78 is 5.60. The lowest BCUT2D eigenvalue weighted by Crippen LogP contribution is -2.08. The van der Waals surface area contributed by atoms with Crippen LogP contribution in [0.25, 0.3) is 0 Å². The Morgan fingerprint density at radius 3 is 2.32 bits per heavy atom. The zero-order valence-corrected chi connectivity index (χ0v) is 11.6. The fraction of sp³-hybridized carbons (Fsp3) is 0.294. The molecule has 2 aromatic carbocycles. The topological polar surface area (TPSA) is 21.3 Å². The number of benzene rings is 2. The van der Waals surface area contributed by atoms with E-state index >= 15 is 0 Å². The van der Waals surface area contributed by atoms with Gasteiger partial charge < -0.3 is 10.1 Å². The van der Waals surface area contributed by atoms with Crippen LogP contribution in [0.1, 0.15) is 31.7 Å². The van der Waals surface area contributed by atoms with E-state index < -0.39 is 0 Å². The first-order valence-electron chi connectivity index (χ1n) is 6.81. The molecule has 0 heterocycles. The van der Waals surface area contributed by atoms with Gasteiger partial charge in [-0.25, -0.2) is 0 Å². The molecular formula is C17H21NO. The normalized spacial score (nSPS) is 11.9. The summed E-state index contributed by atoms with van der Waals surface area (Å²) in [6.07, 6.45) is 1.17. The van der Waals surface area contributed by atoms with Crippen LogP contribution in [0.5, 0.6) is 5.75 Å². The van der Waals surface area contributed by atoms with Gasteiger partial charge in [0.05, 0.1) is 0 Å². The van der Waals surface area contributed by atoms with Crippen molar-refractivity contribution >= 4 is 5.69 Å². The number of nitrogens with one attached hydrogen (secondary N) is 1. The third-order valence-corrected chi connectivity index (χ3v) is 3.35. The first-order chi connectivity index (χ1) is 9.29. The summed E-state index contributed by atoms with van der Waals surface area (Å²) in [5, 5.41) is 3.26. The first-order valence-corrected chi connectivity index (χ1v) is 6.81. The standard InChI is InChI=1S/C17H21NO/c1-3-14(2)15-9-11-16(12-10-15)18-13-19-17-7-5-4-6-8-17/h4-12,14,18H,3,13H2,1-2H3. The monoisotopic (exact) mass is 255 g/mol. The number of hydrogen-bond acceptors (Lipinski definition) is 2. The highest BCUT2D eigenvalue weighted by Gasteiger charge is 2.02. The summed E-state index contributed by atoms with van der Waals surface area (Å²) in [5.41, 5.74) is 2.47. The Balaban J connectivity index is 1.83. The number of hydrogen-bond donors (Lipinski definition) is 1. The minimum Gasteiger partial charge on any atom is -0.473 e. The number of ether oxygens (including phenoxy) is 1. The van der Waals surface area contributed by atoms with Gasteiger partial charge in [-0.1, -0.05) is 44.2 Å². The Bertz CT molecular complexity index is 478. The Labute approximate surface area is 115 Å². The van der Waals surface area contributed by atoms with Gasteiger partial charge in [0.15, 0.2) is 6.73 Å². The Morgan fingerprint density at radius 1 is 1.00 bits per heavy atom. The van der Waals surface area contributed by atoms with Gasteiger partial charge in [0.25, 0.3) is 0 Å². The molecule has 0 aliphatic rings. The summed E-state index contributed by atoms with van der Waals surface area (Å²) in [6, 6.07) is 18.4. The molecule has 0 radical (unpaired) electrons. The zero-order chi connectivity index (χ0) is 13.5. The van der Waals surface area contributed by atoms with Gasteiger partial charge >= 0.3 is 0 Å². The van der Waals surface area contributed by atoms with E-state index in [4.69, 9.17) is 4.74 Å². The molecule has 0 aliphatic heterocycles. The van der Waals surface area contributed by atoms with Crippen molar-refractivity contribution in [1.82, 2.24) is 0 Å². The van der Waals surface area contributed by atoms with Gasteiger partial charge in [-0.15, -0.1) is 0 Å². The molecule has 0 aromatic heterocycles. The molecule has 0 saturated heterocycles. The molecule has 0 saturated carbocycles. The van der Waals surface area contributed by atoms with Gasteiger partial charge in [-0.2, -0.15) is 0 Å². The van der Waals surface area contributed by atoms with Crippen molar-refractivity contribution in [2.24, 2.45) is 0 Å². The molecule has 1 unspecified atom stereocenters. The third kappa shape index (κ3) is 4.02. The van der Waals surface area contributed by atoms with Crippen LogP contribution in [-0.4, -0.2) is 6.73 Å². The highest BCUT2D eigenvalue weighted by Crippen LogP contribution is 2.20. The molecule has 1 atom stereocenters. The fourth-order valence-electron chi connectivity index (χ4n) is 1.88. The summed E-state index contributed by atoms with van der Waals surface area (Å²) in [5.74, 6) is 1.50. The average Bonchev–Trinajstić information content (AvgIpc) is 2.48. The third-order valence-electron chi connectivity index (χ3n) is 3.35. The van der Waals surface area contributed by atoms with E-state index in [1.807, 2.05) is 30.3 Å². The molecule has 100 valence electrons. The van der Waals surface area contributed by atoms with Crippen LogP contribution in [0.15, 0.2) is 54.6 Å². The van der Waals surface area contributed by atoms with Crippen molar-refractivity contribution in [2.45, 2.75) is 26.2 Å². The van der Waals surface area contributed by atoms with E-state index in [1.165, 1.54) is 12.0 Å². The van der Waals surface area contributed by atoms with Gasteiger partial charge in [0.2, 0.25) is 0 Å². The molecule has 0 bridgehead atoms. The first kappa shape index (κ1) is 13.5. The predicted molar refractivity (Wildman–Crippen MR) is 80.7 cm³/mol. The van der Waals surface area contributed by atoms with E-state index in [9.17, 15) is 0 Å². The van der Waals surface area contributed by atoms with Crippen LogP contribution >= 0.6 is 0 Å². The van der Waals surface area contributed by atoms with Crippen molar-refractivity contribution < 1.29 is 4.74 Å². The molecule has 2 rings (SSSR count). The minimum atomic E-state index is 0.479.